The summed E-state index contributed by atoms with van der Waals surface area (Å²) in [5.74, 6) is 1.82. The molecule has 0 atom stereocenters. The summed E-state index contributed by atoms with van der Waals surface area (Å²) in [6.45, 7) is 5.37. The third-order valence-corrected chi connectivity index (χ3v) is 5.90. The molecule has 0 aliphatic carbocycles. The van der Waals surface area contributed by atoms with E-state index in [2.05, 4.69) is 75.5 Å². The molecule has 0 amide bonds. The van der Waals surface area contributed by atoms with E-state index in [9.17, 15) is 0 Å². The van der Waals surface area contributed by atoms with Gasteiger partial charge in [0, 0.05) is 15.6 Å². The van der Waals surface area contributed by atoms with Crippen LogP contribution >= 0.6 is 15.9 Å². The minimum atomic E-state index is 0.673. The summed E-state index contributed by atoms with van der Waals surface area (Å²) >= 11 is 3.70. The molecule has 0 saturated carbocycles. The van der Waals surface area contributed by atoms with Crippen LogP contribution in [0.25, 0.3) is 22.2 Å². The summed E-state index contributed by atoms with van der Waals surface area (Å²) in [5, 5.41) is 1.26. The average molecular weight is 464 g/mol. The molecule has 0 saturated heterocycles. The van der Waals surface area contributed by atoms with Crippen molar-refractivity contribution in [3.63, 3.8) is 0 Å². The monoisotopic (exact) mass is 463 g/mol. The van der Waals surface area contributed by atoms with Crippen molar-refractivity contribution in [2.45, 2.75) is 26.7 Å². The van der Waals surface area contributed by atoms with Crippen LogP contribution in [0.3, 0.4) is 0 Å². The topological polar surface area (TPSA) is 34.2 Å². The molecule has 3 aromatic carbocycles. The van der Waals surface area contributed by atoms with Gasteiger partial charge in [0.2, 0.25) is 0 Å². The van der Waals surface area contributed by atoms with Crippen molar-refractivity contribution in [3.8, 4) is 22.8 Å². The molecular formula is C26H26BrNO2. The van der Waals surface area contributed by atoms with Crippen LogP contribution in [-0.4, -0.2) is 18.2 Å². The first-order valence-corrected chi connectivity index (χ1v) is 11.2. The molecule has 0 bridgehead atoms. The van der Waals surface area contributed by atoms with Gasteiger partial charge in [-0.2, -0.15) is 0 Å². The quantitative estimate of drug-likeness (QED) is 0.300. The van der Waals surface area contributed by atoms with Crippen molar-refractivity contribution >= 4 is 26.8 Å². The van der Waals surface area contributed by atoms with Crippen LogP contribution in [0.4, 0.5) is 0 Å². The number of hydrogen-bond donors (Lipinski definition) is 1. The highest BCUT2D eigenvalue weighted by atomic mass is 79.9. The van der Waals surface area contributed by atoms with Crippen molar-refractivity contribution in [2.24, 2.45) is 0 Å². The van der Waals surface area contributed by atoms with Crippen molar-refractivity contribution < 1.29 is 9.47 Å². The van der Waals surface area contributed by atoms with Crippen LogP contribution in [0.1, 0.15) is 25.0 Å². The number of aromatic nitrogens is 1. The lowest BCUT2D eigenvalue weighted by atomic mass is 9.98. The van der Waals surface area contributed by atoms with Crippen molar-refractivity contribution in [1.29, 1.82) is 0 Å². The Labute approximate surface area is 186 Å². The van der Waals surface area contributed by atoms with Crippen LogP contribution in [0, 0.1) is 0 Å². The number of aromatic amines is 1. The van der Waals surface area contributed by atoms with E-state index in [4.69, 9.17) is 9.47 Å². The smallest absolute Gasteiger partial charge is 0.119 e. The molecule has 30 heavy (non-hydrogen) atoms. The summed E-state index contributed by atoms with van der Waals surface area (Å²) < 4.78 is 12.3. The minimum Gasteiger partial charge on any atom is -0.494 e. The lowest BCUT2D eigenvalue weighted by molar-refractivity contribution is 0.340. The van der Waals surface area contributed by atoms with Gasteiger partial charge >= 0.3 is 0 Å². The highest BCUT2D eigenvalue weighted by molar-refractivity contribution is 9.10. The Balaban J connectivity index is 1.66. The zero-order valence-electron chi connectivity index (χ0n) is 17.4. The molecule has 0 aliphatic heterocycles. The highest BCUT2D eigenvalue weighted by Crippen LogP contribution is 2.35. The predicted molar refractivity (Wildman–Crippen MR) is 128 cm³/mol. The predicted octanol–water partition coefficient (Wildman–Crippen LogP) is 7.18. The zero-order valence-corrected chi connectivity index (χ0v) is 19.0. The molecule has 0 spiro atoms. The molecule has 0 radical (unpaired) electrons. The van der Waals surface area contributed by atoms with Gasteiger partial charge in [0.15, 0.2) is 0 Å². The summed E-state index contributed by atoms with van der Waals surface area (Å²) in [6.07, 6.45) is 1.92. The minimum absolute atomic E-state index is 0.673. The van der Waals surface area contributed by atoms with Gasteiger partial charge in [-0.3, -0.25) is 0 Å². The first kappa shape index (κ1) is 20.5. The number of aryl methyl sites for hydroxylation is 2. The van der Waals surface area contributed by atoms with Gasteiger partial charge in [-0.1, -0.05) is 24.3 Å². The van der Waals surface area contributed by atoms with Gasteiger partial charge in [0.25, 0.3) is 0 Å². The number of nitrogens with one attached hydrogen (secondary N) is 1. The number of benzene rings is 3. The van der Waals surface area contributed by atoms with Gasteiger partial charge in [-0.25, -0.2) is 0 Å². The van der Waals surface area contributed by atoms with Crippen molar-refractivity contribution in [2.75, 3.05) is 13.2 Å². The van der Waals surface area contributed by atoms with Gasteiger partial charge < -0.3 is 14.5 Å². The third kappa shape index (κ3) is 4.39. The number of rotatable bonds is 8. The molecule has 1 N–H and O–H groups in total. The Hall–Kier alpha value is -2.72. The maximum atomic E-state index is 5.61. The fraction of sp³-hybridized carbons (Fsp3) is 0.231. The summed E-state index contributed by atoms with van der Waals surface area (Å²) in [6, 6.07) is 23.1. The summed E-state index contributed by atoms with van der Waals surface area (Å²) in [4.78, 5) is 3.65. The van der Waals surface area contributed by atoms with E-state index < -0.39 is 0 Å². The van der Waals surface area contributed by atoms with Crippen LogP contribution in [0.15, 0.2) is 71.2 Å². The van der Waals surface area contributed by atoms with Gasteiger partial charge in [-0.15, -0.1) is 0 Å². The fourth-order valence-electron chi connectivity index (χ4n) is 3.82. The molecule has 3 nitrogen and oxygen atoms in total. The second-order valence-electron chi connectivity index (χ2n) is 7.18. The SMILES string of the molecule is CCOc1ccc(CCc2c(-c3ccc(OCC)cc3)[nH]c3c(Br)cccc23)cc1. The number of halogens is 1. The van der Waals surface area contributed by atoms with Gasteiger partial charge in [0.1, 0.15) is 11.5 Å². The van der Waals surface area contributed by atoms with Crippen LogP contribution in [0.5, 0.6) is 11.5 Å². The van der Waals surface area contributed by atoms with Crippen LogP contribution in [0.2, 0.25) is 0 Å². The maximum Gasteiger partial charge on any atom is 0.119 e. The number of fused-ring (bicyclic) bond motifs is 1. The van der Waals surface area contributed by atoms with Gasteiger partial charge in [-0.05, 0) is 102 Å². The fourth-order valence-corrected chi connectivity index (χ4v) is 4.28. The lowest BCUT2D eigenvalue weighted by Crippen LogP contribution is -1.95. The Bertz CT molecular complexity index is 1110. The van der Waals surface area contributed by atoms with Crippen LogP contribution < -0.4 is 9.47 Å². The average Bonchev–Trinajstić information content (AvgIpc) is 3.14. The van der Waals surface area contributed by atoms with E-state index in [0.717, 1.165) is 34.3 Å². The van der Waals surface area contributed by atoms with Crippen molar-refractivity contribution in [3.05, 3.63) is 82.3 Å². The Kier molecular flexibility index (Phi) is 6.44. The number of H-pyrrole nitrogens is 1. The number of ether oxygens (including phenoxy) is 2. The maximum absolute atomic E-state index is 5.61. The van der Waals surface area contributed by atoms with Gasteiger partial charge in [0.05, 0.1) is 18.7 Å². The molecule has 154 valence electrons. The molecule has 4 aromatic rings. The molecular weight excluding hydrogens is 438 g/mol. The highest BCUT2D eigenvalue weighted by Gasteiger charge is 2.15. The molecule has 4 rings (SSSR count). The lowest BCUT2D eigenvalue weighted by Gasteiger charge is -2.08. The molecule has 1 aromatic heterocycles. The first-order chi connectivity index (χ1) is 14.7. The van der Waals surface area contributed by atoms with Crippen molar-refractivity contribution in [1.82, 2.24) is 4.98 Å². The second kappa shape index (κ2) is 9.40. The van der Waals surface area contributed by atoms with E-state index in [-0.39, 0.29) is 0 Å². The molecule has 0 aliphatic rings. The van der Waals surface area contributed by atoms with E-state index >= 15 is 0 Å². The summed E-state index contributed by atoms with van der Waals surface area (Å²) in [7, 11) is 0. The first-order valence-electron chi connectivity index (χ1n) is 10.4. The van der Waals surface area contributed by atoms with Crippen LogP contribution in [-0.2, 0) is 12.8 Å². The number of para-hydroxylation sites is 1. The second-order valence-corrected chi connectivity index (χ2v) is 8.03. The standard InChI is InChI=1S/C26H26BrNO2/c1-3-29-20-13-8-18(9-14-20)10-17-23-22-6-5-7-24(27)26(22)28-25(23)19-11-15-21(16-12-19)30-4-2/h5-9,11-16,28H,3-4,10,17H2,1-2H3. The van der Waals surface area contributed by atoms with E-state index in [0.29, 0.717) is 13.2 Å². The largest absolute Gasteiger partial charge is 0.494 e. The molecule has 1 heterocycles. The number of hydrogen-bond acceptors (Lipinski definition) is 2. The Morgan fingerprint density at radius 2 is 1.40 bits per heavy atom. The summed E-state index contributed by atoms with van der Waals surface area (Å²) in [5.41, 5.74) is 6.13. The molecule has 0 fully saturated rings. The Morgan fingerprint density at radius 1 is 0.767 bits per heavy atom. The van der Waals surface area contributed by atoms with E-state index in [1.807, 2.05) is 26.0 Å². The third-order valence-electron chi connectivity index (χ3n) is 5.24. The Morgan fingerprint density at radius 3 is 2.03 bits per heavy atom. The van der Waals surface area contributed by atoms with E-state index in [1.165, 1.54) is 27.8 Å². The zero-order chi connectivity index (χ0) is 20.9. The normalized spacial score (nSPS) is 11.0. The van der Waals surface area contributed by atoms with E-state index in [1.54, 1.807) is 0 Å². The molecule has 4 heteroatoms. The molecule has 0 unspecified atom stereocenters.